The smallest absolute Gasteiger partial charge is 0.173 e. The summed E-state index contributed by atoms with van der Waals surface area (Å²) in [5.41, 5.74) is 0. The number of hydrogen-bond donors (Lipinski definition) is 1. The summed E-state index contributed by atoms with van der Waals surface area (Å²) in [4.78, 5) is 1.30. The van der Waals surface area contributed by atoms with E-state index >= 15 is 0 Å². The Balaban J connectivity index is 2.24. The predicted molar refractivity (Wildman–Crippen MR) is 63.7 cm³/mol. The summed E-state index contributed by atoms with van der Waals surface area (Å²) in [6.45, 7) is 3.88. The van der Waals surface area contributed by atoms with Crippen LogP contribution in [-0.4, -0.2) is 26.9 Å². The van der Waals surface area contributed by atoms with Gasteiger partial charge in [0, 0.05) is 31.2 Å². The van der Waals surface area contributed by atoms with Crippen LogP contribution in [0.2, 0.25) is 0 Å². The minimum absolute atomic E-state index is 0.484. The van der Waals surface area contributed by atoms with Gasteiger partial charge in [-0.2, -0.15) is 0 Å². The molecule has 0 spiro atoms. The summed E-state index contributed by atoms with van der Waals surface area (Å²) in [7, 11) is 3.43. The van der Waals surface area contributed by atoms with Crippen molar-refractivity contribution in [1.29, 1.82) is 0 Å². The molecule has 1 aromatic heterocycles. The van der Waals surface area contributed by atoms with Crippen LogP contribution in [0.4, 0.5) is 0 Å². The van der Waals surface area contributed by atoms with E-state index in [2.05, 4.69) is 18.3 Å². The maximum atomic E-state index is 5.14. The van der Waals surface area contributed by atoms with Crippen LogP contribution in [0.3, 0.4) is 0 Å². The first-order valence-corrected chi connectivity index (χ1v) is 5.93. The molecule has 0 amide bonds. The molecule has 0 radical (unpaired) electrons. The van der Waals surface area contributed by atoms with E-state index in [1.807, 2.05) is 6.07 Å². The SMILES string of the molecule is COCCC(C)NCc1ccc(OC)s1. The largest absolute Gasteiger partial charge is 0.487 e. The van der Waals surface area contributed by atoms with Crippen LogP contribution >= 0.6 is 11.3 Å². The summed E-state index contributed by atoms with van der Waals surface area (Å²) in [6, 6.07) is 4.58. The minimum atomic E-state index is 0.484. The zero-order valence-electron chi connectivity index (χ0n) is 9.58. The molecule has 0 aliphatic heterocycles. The molecule has 0 fully saturated rings. The fraction of sp³-hybridized carbons (Fsp3) is 0.636. The van der Waals surface area contributed by atoms with Crippen LogP contribution in [0.5, 0.6) is 5.06 Å². The van der Waals surface area contributed by atoms with Crippen molar-refractivity contribution in [1.82, 2.24) is 5.32 Å². The van der Waals surface area contributed by atoms with E-state index in [1.54, 1.807) is 25.6 Å². The second-order valence-electron chi connectivity index (χ2n) is 3.49. The number of thiophene rings is 1. The Morgan fingerprint density at radius 1 is 1.40 bits per heavy atom. The van der Waals surface area contributed by atoms with Gasteiger partial charge in [0.2, 0.25) is 0 Å². The lowest BCUT2D eigenvalue weighted by Gasteiger charge is -2.11. The molecule has 1 aromatic rings. The van der Waals surface area contributed by atoms with E-state index in [0.29, 0.717) is 6.04 Å². The summed E-state index contributed by atoms with van der Waals surface area (Å²) >= 11 is 1.68. The van der Waals surface area contributed by atoms with Crippen LogP contribution < -0.4 is 10.1 Å². The Morgan fingerprint density at radius 3 is 2.80 bits per heavy atom. The zero-order chi connectivity index (χ0) is 11.1. The Bertz CT molecular complexity index is 275. The molecule has 0 saturated heterocycles. The third-order valence-corrected chi connectivity index (χ3v) is 3.26. The van der Waals surface area contributed by atoms with Crippen LogP contribution in [-0.2, 0) is 11.3 Å². The van der Waals surface area contributed by atoms with Gasteiger partial charge in [-0.15, -0.1) is 11.3 Å². The van der Waals surface area contributed by atoms with E-state index in [0.717, 1.165) is 24.6 Å². The number of hydrogen-bond acceptors (Lipinski definition) is 4. The zero-order valence-corrected chi connectivity index (χ0v) is 10.4. The molecule has 4 heteroatoms. The van der Waals surface area contributed by atoms with Gasteiger partial charge in [0.1, 0.15) is 0 Å². The van der Waals surface area contributed by atoms with Crippen molar-refractivity contribution in [2.45, 2.75) is 25.9 Å². The van der Waals surface area contributed by atoms with E-state index in [9.17, 15) is 0 Å². The second kappa shape index (κ2) is 6.82. The second-order valence-corrected chi connectivity index (χ2v) is 4.62. The van der Waals surface area contributed by atoms with Gasteiger partial charge in [-0.05, 0) is 25.5 Å². The monoisotopic (exact) mass is 229 g/mol. The summed E-state index contributed by atoms with van der Waals surface area (Å²) in [6.07, 6.45) is 1.04. The average molecular weight is 229 g/mol. The summed E-state index contributed by atoms with van der Waals surface area (Å²) < 4.78 is 10.2. The van der Waals surface area contributed by atoms with Crippen LogP contribution in [0.15, 0.2) is 12.1 Å². The molecule has 1 N–H and O–H groups in total. The van der Waals surface area contributed by atoms with Crippen molar-refractivity contribution >= 4 is 11.3 Å². The fourth-order valence-electron chi connectivity index (χ4n) is 1.23. The molecule has 0 saturated carbocycles. The number of nitrogens with one attached hydrogen (secondary N) is 1. The van der Waals surface area contributed by atoms with Crippen LogP contribution in [0.1, 0.15) is 18.2 Å². The molecule has 1 heterocycles. The molecule has 3 nitrogen and oxygen atoms in total. The molecule has 1 rings (SSSR count). The number of ether oxygens (including phenoxy) is 2. The highest BCUT2D eigenvalue weighted by Crippen LogP contribution is 2.23. The van der Waals surface area contributed by atoms with Crippen LogP contribution in [0, 0.1) is 0 Å². The topological polar surface area (TPSA) is 30.5 Å². The molecule has 0 aliphatic carbocycles. The van der Waals surface area contributed by atoms with E-state index < -0.39 is 0 Å². The predicted octanol–water partition coefficient (Wildman–Crippen LogP) is 2.27. The maximum absolute atomic E-state index is 5.14. The number of rotatable bonds is 7. The highest BCUT2D eigenvalue weighted by Gasteiger charge is 2.03. The van der Waals surface area contributed by atoms with Gasteiger partial charge in [-0.3, -0.25) is 0 Å². The lowest BCUT2D eigenvalue weighted by Crippen LogP contribution is -2.26. The first-order chi connectivity index (χ1) is 7.26. The van der Waals surface area contributed by atoms with Crippen molar-refractivity contribution in [2.24, 2.45) is 0 Å². The van der Waals surface area contributed by atoms with Crippen LogP contribution in [0.25, 0.3) is 0 Å². The maximum Gasteiger partial charge on any atom is 0.173 e. The third kappa shape index (κ3) is 4.64. The third-order valence-electron chi connectivity index (χ3n) is 2.22. The minimum Gasteiger partial charge on any atom is -0.487 e. The quantitative estimate of drug-likeness (QED) is 0.778. The van der Waals surface area contributed by atoms with Crippen molar-refractivity contribution in [3.05, 3.63) is 17.0 Å². The molecular formula is C11H19NO2S. The molecule has 1 unspecified atom stereocenters. The average Bonchev–Trinajstić information content (AvgIpc) is 2.71. The van der Waals surface area contributed by atoms with Gasteiger partial charge in [0.05, 0.1) is 7.11 Å². The van der Waals surface area contributed by atoms with E-state index in [-0.39, 0.29) is 0 Å². The molecular weight excluding hydrogens is 210 g/mol. The Hall–Kier alpha value is -0.580. The standard InChI is InChI=1S/C11H19NO2S/c1-9(6-7-13-2)12-8-10-4-5-11(14-3)15-10/h4-5,9,12H,6-8H2,1-3H3. The lowest BCUT2D eigenvalue weighted by atomic mass is 10.2. The van der Waals surface area contributed by atoms with Gasteiger partial charge in [0.15, 0.2) is 5.06 Å². The molecule has 0 bridgehead atoms. The Labute approximate surface area is 95.4 Å². The van der Waals surface area contributed by atoms with E-state index in [1.165, 1.54) is 4.88 Å². The van der Waals surface area contributed by atoms with Crippen molar-refractivity contribution in [2.75, 3.05) is 20.8 Å². The molecule has 15 heavy (non-hydrogen) atoms. The van der Waals surface area contributed by atoms with Crippen molar-refractivity contribution in [3.8, 4) is 5.06 Å². The summed E-state index contributed by atoms with van der Waals surface area (Å²) in [5, 5.41) is 4.41. The first kappa shape index (κ1) is 12.5. The van der Waals surface area contributed by atoms with Gasteiger partial charge in [0.25, 0.3) is 0 Å². The molecule has 1 atom stereocenters. The van der Waals surface area contributed by atoms with E-state index in [4.69, 9.17) is 9.47 Å². The summed E-state index contributed by atoms with van der Waals surface area (Å²) in [5.74, 6) is 0. The Kier molecular flexibility index (Phi) is 5.68. The molecule has 0 aliphatic rings. The normalized spacial score (nSPS) is 12.7. The van der Waals surface area contributed by atoms with Crippen molar-refractivity contribution < 1.29 is 9.47 Å². The molecule has 86 valence electrons. The van der Waals surface area contributed by atoms with Gasteiger partial charge < -0.3 is 14.8 Å². The highest BCUT2D eigenvalue weighted by atomic mass is 32.1. The first-order valence-electron chi connectivity index (χ1n) is 5.11. The Morgan fingerprint density at radius 2 is 2.20 bits per heavy atom. The van der Waals surface area contributed by atoms with Gasteiger partial charge >= 0.3 is 0 Å². The highest BCUT2D eigenvalue weighted by molar-refractivity contribution is 7.13. The van der Waals surface area contributed by atoms with Gasteiger partial charge in [-0.1, -0.05) is 0 Å². The van der Waals surface area contributed by atoms with Crippen molar-refractivity contribution in [3.63, 3.8) is 0 Å². The molecule has 0 aromatic carbocycles. The lowest BCUT2D eigenvalue weighted by molar-refractivity contribution is 0.185. The fourth-order valence-corrected chi connectivity index (χ4v) is 2.00. The number of methoxy groups -OCH3 is 2. The van der Waals surface area contributed by atoms with Gasteiger partial charge in [-0.25, -0.2) is 0 Å².